The number of Topliss-reactive ketones (excluding diaryl/α,β-unsaturated/α-hetero) is 1. The fraction of sp³-hybridized carbons (Fsp3) is 0.250. The Morgan fingerprint density at radius 3 is 2.21 bits per heavy atom. The van der Waals surface area contributed by atoms with Gasteiger partial charge in [0.2, 0.25) is 5.78 Å². The second kappa shape index (κ2) is 8.70. The van der Waals surface area contributed by atoms with Gasteiger partial charge in [0, 0.05) is 5.56 Å². The lowest BCUT2D eigenvalue weighted by Gasteiger charge is -2.12. The van der Waals surface area contributed by atoms with Crippen LogP contribution in [0.15, 0.2) is 54.6 Å². The van der Waals surface area contributed by atoms with Crippen LogP contribution >= 0.6 is 0 Å². The number of benzene rings is 3. The van der Waals surface area contributed by atoms with E-state index >= 15 is 0 Å². The van der Waals surface area contributed by atoms with E-state index in [-0.39, 0.29) is 12.4 Å². The number of ether oxygens (including phenoxy) is 2. The fourth-order valence-electron chi connectivity index (χ4n) is 3.25. The molecule has 0 spiro atoms. The van der Waals surface area contributed by atoms with Crippen molar-refractivity contribution in [2.24, 2.45) is 0 Å². The maximum Gasteiger partial charge on any atom is 0.342 e. The Morgan fingerprint density at radius 1 is 0.857 bits per heavy atom. The molecule has 3 rings (SSSR count). The molecule has 3 aromatic carbocycles. The number of aryl methyl sites for hydroxylation is 2. The molecule has 0 aliphatic rings. The zero-order valence-corrected chi connectivity index (χ0v) is 16.5. The summed E-state index contributed by atoms with van der Waals surface area (Å²) in [5.41, 5.74) is 2.98. The van der Waals surface area contributed by atoms with Gasteiger partial charge < -0.3 is 9.47 Å². The summed E-state index contributed by atoms with van der Waals surface area (Å²) >= 11 is 0. The van der Waals surface area contributed by atoms with E-state index in [0.717, 1.165) is 34.7 Å². The third-order valence-electron chi connectivity index (χ3n) is 4.89. The number of fused-ring (bicyclic) bond motifs is 1. The van der Waals surface area contributed by atoms with Gasteiger partial charge in [-0.2, -0.15) is 0 Å². The molecule has 4 heteroatoms. The highest BCUT2D eigenvalue weighted by molar-refractivity contribution is 6.02. The smallest absolute Gasteiger partial charge is 0.342 e. The van der Waals surface area contributed by atoms with Crippen molar-refractivity contribution in [2.45, 2.75) is 26.7 Å². The monoisotopic (exact) mass is 376 g/mol. The summed E-state index contributed by atoms with van der Waals surface area (Å²) in [6, 6.07) is 17.1. The first-order valence-corrected chi connectivity index (χ1v) is 9.46. The summed E-state index contributed by atoms with van der Waals surface area (Å²) in [6.07, 6.45) is 1.59. The van der Waals surface area contributed by atoms with Crippen molar-refractivity contribution in [3.63, 3.8) is 0 Å². The molecule has 0 radical (unpaired) electrons. The van der Waals surface area contributed by atoms with Crippen molar-refractivity contribution in [3.05, 3.63) is 76.9 Å². The standard InChI is InChI=1S/C24H24O4/c1-4-16-10-11-17(5-2)20(12-16)22(25)15-28-24(26)21-13-18-8-6-7-9-19(18)14-23(21)27-3/h6-14H,4-5,15H2,1-3H3. The molecule has 0 N–H and O–H groups in total. The minimum atomic E-state index is -0.569. The molecular weight excluding hydrogens is 352 g/mol. The molecule has 4 nitrogen and oxygen atoms in total. The normalized spacial score (nSPS) is 10.7. The van der Waals surface area contributed by atoms with E-state index < -0.39 is 5.97 Å². The molecule has 0 saturated carbocycles. The molecule has 0 atom stereocenters. The number of methoxy groups -OCH3 is 1. The van der Waals surface area contributed by atoms with Gasteiger partial charge >= 0.3 is 5.97 Å². The largest absolute Gasteiger partial charge is 0.496 e. The summed E-state index contributed by atoms with van der Waals surface area (Å²) < 4.78 is 10.7. The van der Waals surface area contributed by atoms with E-state index in [1.54, 1.807) is 12.1 Å². The predicted molar refractivity (Wildman–Crippen MR) is 110 cm³/mol. The van der Waals surface area contributed by atoms with Gasteiger partial charge in [-0.15, -0.1) is 0 Å². The molecule has 0 aromatic heterocycles. The highest BCUT2D eigenvalue weighted by Gasteiger charge is 2.18. The van der Waals surface area contributed by atoms with Crippen molar-refractivity contribution < 1.29 is 19.1 Å². The maximum absolute atomic E-state index is 12.7. The average Bonchev–Trinajstić information content (AvgIpc) is 2.75. The number of hydrogen-bond acceptors (Lipinski definition) is 4. The highest BCUT2D eigenvalue weighted by Crippen LogP contribution is 2.26. The van der Waals surface area contributed by atoms with Crippen LogP contribution in [0, 0.1) is 0 Å². The van der Waals surface area contributed by atoms with Gasteiger partial charge in [-0.1, -0.05) is 50.2 Å². The van der Waals surface area contributed by atoms with Gasteiger partial charge in [0.05, 0.1) is 7.11 Å². The van der Waals surface area contributed by atoms with E-state index in [1.165, 1.54) is 7.11 Å². The molecule has 0 fully saturated rings. The number of rotatable bonds is 7. The quantitative estimate of drug-likeness (QED) is 0.429. The topological polar surface area (TPSA) is 52.6 Å². The summed E-state index contributed by atoms with van der Waals surface area (Å²) in [5.74, 6) is -0.334. The van der Waals surface area contributed by atoms with Crippen molar-refractivity contribution in [1.29, 1.82) is 0 Å². The Morgan fingerprint density at radius 2 is 1.57 bits per heavy atom. The van der Waals surface area contributed by atoms with E-state index in [2.05, 4.69) is 0 Å². The third kappa shape index (κ3) is 4.06. The summed E-state index contributed by atoms with van der Waals surface area (Å²) in [7, 11) is 1.51. The van der Waals surface area contributed by atoms with Crippen LogP contribution in [0.25, 0.3) is 10.8 Å². The third-order valence-corrected chi connectivity index (χ3v) is 4.89. The summed E-state index contributed by atoms with van der Waals surface area (Å²) in [6.45, 7) is 3.75. The van der Waals surface area contributed by atoms with Gasteiger partial charge in [-0.05, 0) is 52.9 Å². The SMILES string of the molecule is CCc1ccc(CC)c(C(=O)COC(=O)c2cc3ccccc3cc2OC)c1. The van der Waals surface area contributed by atoms with E-state index in [0.29, 0.717) is 16.9 Å². The molecular formula is C24H24O4. The molecule has 0 heterocycles. The molecule has 28 heavy (non-hydrogen) atoms. The second-order valence-corrected chi connectivity index (χ2v) is 6.60. The van der Waals surface area contributed by atoms with Crippen LogP contribution < -0.4 is 4.74 Å². The molecule has 0 aliphatic heterocycles. The zero-order chi connectivity index (χ0) is 20.1. The second-order valence-electron chi connectivity index (χ2n) is 6.60. The first-order valence-electron chi connectivity index (χ1n) is 9.46. The van der Waals surface area contributed by atoms with Crippen LogP contribution in [-0.2, 0) is 17.6 Å². The Kier molecular flexibility index (Phi) is 6.09. The first kappa shape index (κ1) is 19.6. The Balaban J connectivity index is 1.81. The number of esters is 1. The number of hydrogen-bond donors (Lipinski definition) is 0. The Bertz CT molecular complexity index is 1020. The lowest BCUT2D eigenvalue weighted by molar-refractivity contribution is 0.0471. The van der Waals surface area contributed by atoms with E-state index in [9.17, 15) is 9.59 Å². The molecule has 0 aliphatic carbocycles. The fourth-order valence-corrected chi connectivity index (χ4v) is 3.25. The van der Waals surface area contributed by atoms with Crippen molar-refractivity contribution >= 4 is 22.5 Å². The molecule has 3 aromatic rings. The maximum atomic E-state index is 12.7. The number of carbonyl (C=O) groups is 2. The molecule has 0 unspecified atom stereocenters. The highest BCUT2D eigenvalue weighted by atomic mass is 16.5. The van der Waals surface area contributed by atoms with E-state index in [1.807, 2.05) is 56.3 Å². The van der Waals surface area contributed by atoms with Crippen LogP contribution in [-0.4, -0.2) is 25.5 Å². The van der Waals surface area contributed by atoms with E-state index in [4.69, 9.17) is 9.47 Å². The molecule has 144 valence electrons. The van der Waals surface area contributed by atoms with Crippen LogP contribution in [0.3, 0.4) is 0 Å². The minimum absolute atomic E-state index is 0.194. The predicted octanol–water partition coefficient (Wildman–Crippen LogP) is 5.01. The van der Waals surface area contributed by atoms with Gasteiger partial charge in [-0.25, -0.2) is 4.79 Å². The Hall–Kier alpha value is -3.14. The van der Waals surface area contributed by atoms with Gasteiger partial charge in [0.1, 0.15) is 11.3 Å². The number of carbonyl (C=O) groups excluding carboxylic acids is 2. The number of ketones is 1. The van der Waals surface area contributed by atoms with Crippen LogP contribution in [0.5, 0.6) is 5.75 Å². The van der Waals surface area contributed by atoms with Crippen LogP contribution in [0.4, 0.5) is 0 Å². The Labute approximate surface area is 165 Å². The van der Waals surface area contributed by atoms with Gasteiger partial charge in [0.15, 0.2) is 6.61 Å². The lowest BCUT2D eigenvalue weighted by atomic mass is 9.98. The first-order chi connectivity index (χ1) is 13.6. The molecule has 0 amide bonds. The van der Waals surface area contributed by atoms with Crippen molar-refractivity contribution in [1.82, 2.24) is 0 Å². The molecule has 0 bridgehead atoms. The van der Waals surface area contributed by atoms with Crippen molar-refractivity contribution in [3.8, 4) is 5.75 Å². The zero-order valence-electron chi connectivity index (χ0n) is 16.5. The van der Waals surface area contributed by atoms with Gasteiger partial charge in [-0.3, -0.25) is 4.79 Å². The molecule has 0 saturated heterocycles. The van der Waals surface area contributed by atoms with Crippen LogP contribution in [0.2, 0.25) is 0 Å². The minimum Gasteiger partial charge on any atom is -0.496 e. The summed E-state index contributed by atoms with van der Waals surface area (Å²) in [4.78, 5) is 25.3. The average molecular weight is 376 g/mol. The van der Waals surface area contributed by atoms with Gasteiger partial charge in [0.25, 0.3) is 0 Å². The van der Waals surface area contributed by atoms with Crippen molar-refractivity contribution in [2.75, 3.05) is 13.7 Å². The van der Waals surface area contributed by atoms with Crippen LogP contribution in [0.1, 0.15) is 45.7 Å². The summed E-state index contributed by atoms with van der Waals surface area (Å²) in [5, 5.41) is 1.88. The lowest BCUT2D eigenvalue weighted by Crippen LogP contribution is -2.16.